The molecule has 1 saturated heterocycles. The van der Waals surface area contributed by atoms with Gasteiger partial charge in [0, 0.05) is 13.1 Å². The van der Waals surface area contributed by atoms with Gasteiger partial charge in [-0.15, -0.1) is 0 Å². The van der Waals surface area contributed by atoms with Gasteiger partial charge in [0.05, 0.1) is 0 Å². The Hall–Kier alpha value is -2.40. The van der Waals surface area contributed by atoms with Crippen LogP contribution in [0.5, 0.6) is 0 Å². The predicted molar refractivity (Wildman–Crippen MR) is 94.2 cm³/mol. The van der Waals surface area contributed by atoms with Gasteiger partial charge in [0.15, 0.2) is 18.2 Å². The number of nitrogens with one attached hydrogen (secondary N) is 2. The highest BCUT2D eigenvalue weighted by Crippen LogP contribution is 2.22. The summed E-state index contributed by atoms with van der Waals surface area (Å²) in [5.74, 6) is -1.87. The Bertz CT molecular complexity index is 521. The molecule has 150 valence electrons. The van der Waals surface area contributed by atoms with Crippen LogP contribution in [0.2, 0.25) is 0 Å². The van der Waals surface area contributed by atoms with Crippen LogP contribution in [0.25, 0.3) is 0 Å². The minimum Gasteiger partial charge on any atom is -0.479 e. The summed E-state index contributed by atoms with van der Waals surface area (Å²) in [6.45, 7) is 4.77. The summed E-state index contributed by atoms with van der Waals surface area (Å²) in [5, 5.41) is 14.1. The summed E-state index contributed by atoms with van der Waals surface area (Å²) >= 11 is 0. The number of aliphatic imine (C=N–C) groups is 1. The van der Waals surface area contributed by atoms with Gasteiger partial charge in [0.25, 0.3) is 5.91 Å². The van der Waals surface area contributed by atoms with Gasteiger partial charge in [-0.25, -0.2) is 4.79 Å². The third kappa shape index (κ3) is 8.62. The van der Waals surface area contributed by atoms with E-state index in [9.17, 15) is 14.4 Å². The van der Waals surface area contributed by atoms with Crippen LogP contribution in [0.3, 0.4) is 0 Å². The zero-order chi connectivity index (χ0) is 19.0. The molecule has 0 saturated carbocycles. The standard InChI is InChI=1S/C15H27N5O5.H2O/c1-8(2)7-9(20-13(22)10-11(25-10)14(23)24)12(21)18-5-3-4-6-19-15(16)17;/h8-11H,3-7H2,1-2H3,(H,18,21)(H,20,22)(H,23,24)(H4,16,17,19);1H2/t9-,10-,11-;/m0./s1. The summed E-state index contributed by atoms with van der Waals surface area (Å²) in [6.07, 6.45) is -0.304. The fraction of sp³-hybridized carbons (Fsp3) is 0.733. The molecule has 1 heterocycles. The average molecular weight is 375 g/mol. The molecule has 11 nitrogen and oxygen atoms in total. The van der Waals surface area contributed by atoms with E-state index >= 15 is 0 Å². The highest BCUT2D eigenvalue weighted by molar-refractivity contribution is 5.95. The first-order valence-corrected chi connectivity index (χ1v) is 8.24. The van der Waals surface area contributed by atoms with Crippen molar-refractivity contribution in [3.63, 3.8) is 0 Å². The lowest BCUT2D eigenvalue weighted by molar-refractivity contribution is -0.138. The van der Waals surface area contributed by atoms with Gasteiger partial charge in [-0.05, 0) is 25.2 Å². The van der Waals surface area contributed by atoms with E-state index in [1.54, 1.807) is 0 Å². The molecule has 2 amide bonds. The Morgan fingerprint density at radius 2 is 1.85 bits per heavy atom. The van der Waals surface area contributed by atoms with E-state index in [0.29, 0.717) is 25.9 Å². The number of carbonyl (C=O) groups is 3. The maximum atomic E-state index is 12.3. The van der Waals surface area contributed by atoms with Crippen molar-refractivity contribution in [2.45, 2.75) is 51.4 Å². The van der Waals surface area contributed by atoms with E-state index in [-0.39, 0.29) is 23.3 Å². The smallest absolute Gasteiger partial charge is 0.336 e. The molecule has 0 radical (unpaired) electrons. The monoisotopic (exact) mass is 375 g/mol. The minimum absolute atomic E-state index is 0. The number of hydrogen-bond donors (Lipinski definition) is 5. The highest BCUT2D eigenvalue weighted by Gasteiger charge is 2.51. The van der Waals surface area contributed by atoms with E-state index in [4.69, 9.17) is 21.3 Å². The molecule has 0 unspecified atom stereocenters. The van der Waals surface area contributed by atoms with Crippen LogP contribution in [-0.2, 0) is 19.1 Å². The van der Waals surface area contributed by atoms with Gasteiger partial charge in [-0.3, -0.25) is 14.6 Å². The van der Waals surface area contributed by atoms with E-state index < -0.39 is 30.1 Å². The van der Waals surface area contributed by atoms with Gasteiger partial charge < -0.3 is 37.4 Å². The van der Waals surface area contributed by atoms with Crippen LogP contribution >= 0.6 is 0 Å². The van der Waals surface area contributed by atoms with Crippen molar-refractivity contribution in [2.75, 3.05) is 13.1 Å². The minimum atomic E-state index is -1.19. The normalized spacial score (nSPS) is 19.0. The van der Waals surface area contributed by atoms with Gasteiger partial charge in [0.2, 0.25) is 5.91 Å². The molecule has 1 aliphatic rings. The lowest BCUT2D eigenvalue weighted by atomic mass is 10.0. The largest absolute Gasteiger partial charge is 0.479 e. The number of nitrogens with two attached hydrogens (primary N) is 2. The summed E-state index contributed by atoms with van der Waals surface area (Å²) < 4.78 is 4.79. The third-order valence-electron chi connectivity index (χ3n) is 3.51. The van der Waals surface area contributed by atoms with E-state index in [1.807, 2.05) is 13.8 Å². The maximum absolute atomic E-state index is 12.3. The van der Waals surface area contributed by atoms with Crippen LogP contribution in [0.1, 0.15) is 33.1 Å². The third-order valence-corrected chi connectivity index (χ3v) is 3.51. The Kier molecular flexibility index (Phi) is 10.2. The van der Waals surface area contributed by atoms with Crippen molar-refractivity contribution in [1.29, 1.82) is 0 Å². The SMILES string of the molecule is CC(C)C[C@H](NC(=O)[C@H]1O[C@@H]1C(=O)O)C(=O)NCCCCN=C(N)N.O. The van der Waals surface area contributed by atoms with Crippen molar-refractivity contribution in [3.8, 4) is 0 Å². The van der Waals surface area contributed by atoms with Crippen LogP contribution in [-0.4, -0.2) is 65.7 Å². The zero-order valence-corrected chi connectivity index (χ0v) is 15.0. The van der Waals surface area contributed by atoms with Crippen LogP contribution in [0.15, 0.2) is 4.99 Å². The fourth-order valence-corrected chi connectivity index (χ4v) is 2.24. The van der Waals surface area contributed by atoms with E-state index in [0.717, 1.165) is 6.42 Å². The molecule has 0 aromatic rings. The maximum Gasteiger partial charge on any atom is 0.336 e. The lowest BCUT2D eigenvalue weighted by Gasteiger charge is -2.19. The molecule has 0 bridgehead atoms. The van der Waals surface area contributed by atoms with Crippen molar-refractivity contribution in [2.24, 2.45) is 22.4 Å². The number of unbranched alkanes of at least 4 members (excludes halogenated alkanes) is 1. The van der Waals surface area contributed by atoms with Gasteiger partial charge in [-0.2, -0.15) is 0 Å². The number of nitrogens with zero attached hydrogens (tertiary/aromatic N) is 1. The lowest BCUT2D eigenvalue weighted by Crippen LogP contribution is -2.49. The van der Waals surface area contributed by atoms with Crippen molar-refractivity contribution >= 4 is 23.7 Å². The molecule has 0 aromatic heterocycles. The first-order chi connectivity index (χ1) is 11.7. The van der Waals surface area contributed by atoms with Crippen LogP contribution in [0, 0.1) is 5.92 Å². The van der Waals surface area contributed by atoms with Crippen LogP contribution in [0.4, 0.5) is 0 Å². The molecule has 0 aliphatic carbocycles. The number of aliphatic carboxylic acids is 1. The molecule has 1 aliphatic heterocycles. The van der Waals surface area contributed by atoms with Gasteiger partial charge in [-0.1, -0.05) is 13.8 Å². The molecule has 0 spiro atoms. The second-order valence-corrected chi connectivity index (χ2v) is 6.31. The summed E-state index contributed by atoms with van der Waals surface area (Å²) in [6, 6.07) is -0.733. The van der Waals surface area contributed by atoms with Crippen LogP contribution < -0.4 is 22.1 Å². The summed E-state index contributed by atoms with van der Waals surface area (Å²) in [4.78, 5) is 38.8. The average Bonchev–Trinajstić information content (AvgIpc) is 3.29. The number of ether oxygens (including phenoxy) is 1. The molecule has 0 aromatic carbocycles. The van der Waals surface area contributed by atoms with Gasteiger partial charge >= 0.3 is 5.97 Å². The molecule has 9 N–H and O–H groups in total. The highest BCUT2D eigenvalue weighted by atomic mass is 16.6. The number of carbonyl (C=O) groups excluding carboxylic acids is 2. The second-order valence-electron chi connectivity index (χ2n) is 6.31. The summed E-state index contributed by atoms with van der Waals surface area (Å²) in [7, 11) is 0. The zero-order valence-electron chi connectivity index (χ0n) is 15.0. The number of rotatable bonds is 11. The number of hydrogen-bond acceptors (Lipinski definition) is 5. The molecular weight excluding hydrogens is 346 g/mol. The Labute approximate surface area is 151 Å². The number of amides is 2. The number of carboxylic acid groups (broad SMARTS) is 1. The van der Waals surface area contributed by atoms with Gasteiger partial charge in [0.1, 0.15) is 6.04 Å². The fourth-order valence-electron chi connectivity index (χ4n) is 2.24. The van der Waals surface area contributed by atoms with E-state index in [2.05, 4.69) is 15.6 Å². The molecular formula is C15H29N5O6. The topological polar surface area (TPSA) is 204 Å². The first-order valence-electron chi connectivity index (χ1n) is 8.24. The molecule has 3 atom stereocenters. The number of carboxylic acids is 1. The molecule has 11 heteroatoms. The second kappa shape index (κ2) is 11.3. The molecule has 1 fully saturated rings. The summed E-state index contributed by atoms with van der Waals surface area (Å²) in [5.41, 5.74) is 10.4. The Morgan fingerprint density at radius 1 is 1.19 bits per heavy atom. The van der Waals surface area contributed by atoms with Crippen molar-refractivity contribution in [3.05, 3.63) is 0 Å². The molecule has 1 rings (SSSR count). The quantitative estimate of drug-likeness (QED) is 0.116. The number of guanidine groups is 1. The first kappa shape index (κ1) is 23.6. The molecule has 26 heavy (non-hydrogen) atoms. The van der Waals surface area contributed by atoms with E-state index in [1.165, 1.54) is 0 Å². The van der Waals surface area contributed by atoms with Crippen molar-refractivity contribution < 1.29 is 29.7 Å². The Morgan fingerprint density at radius 3 is 2.35 bits per heavy atom. The Balaban J connectivity index is 0.00000625. The number of epoxide rings is 1. The van der Waals surface area contributed by atoms with Crippen molar-refractivity contribution in [1.82, 2.24) is 10.6 Å². The predicted octanol–water partition coefficient (Wildman–Crippen LogP) is -2.29.